The molecule has 0 aliphatic rings. The molecule has 3 N–H and O–H groups in total. The summed E-state index contributed by atoms with van der Waals surface area (Å²) in [6, 6.07) is 2.77. The van der Waals surface area contributed by atoms with E-state index in [2.05, 4.69) is 0 Å². The molecule has 1 aromatic rings. The van der Waals surface area contributed by atoms with E-state index in [-0.39, 0.29) is 22.0 Å². The van der Waals surface area contributed by atoms with Crippen LogP contribution in [0.3, 0.4) is 0 Å². The van der Waals surface area contributed by atoms with Crippen molar-refractivity contribution in [3.8, 4) is 5.75 Å². The van der Waals surface area contributed by atoms with Crippen molar-refractivity contribution in [2.75, 3.05) is 12.3 Å². The van der Waals surface area contributed by atoms with Gasteiger partial charge in [-0.05, 0) is 19.1 Å². The van der Waals surface area contributed by atoms with E-state index >= 15 is 0 Å². The first kappa shape index (κ1) is 10.7. The standard InChI is InChI=1S/C9H10ClNO3/c1-2-14-8-6(9(12)13)3-5(10)4-7(8)11/h3-4H,2,11H2,1H3,(H,12,13). The van der Waals surface area contributed by atoms with Gasteiger partial charge in [-0.2, -0.15) is 0 Å². The topological polar surface area (TPSA) is 72.5 Å². The fourth-order valence-electron chi connectivity index (χ4n) is 1.08. The summed E-state index contributed by atoms with van der Waals surface area (Å²) in [5.74, 6) is -0.938. The molecule has 0 saturated heterocycles. The van der Waals surface area contributed by atoms with E-state index < -0.39 is 5.97 Å². The molecule has 0 atom stereocenters. The molecule has 0 radical (unpaired) electrons. The zero-order valence-corrected chi connectivity index (χ0v) is 8.34. The van der Waals surface area contributed by atoms with Crippen LogP contribution in [0.25, 0.3) is 0 Å². The number of carboxylic acid groups (broad SMARTS) is 1. The van der Waals surface area contributed by atoms with Gasteiger partial charge in [0, 0.05) is 5.02 Å². The highest BCUT2D eigenvalue weighted by Crippen LogP contribution is 2.30. The number of hydrogen-bond acceptors (Lipinski definition) is 3. The van der Waals surface area contributed by atoms with Gasteiger partial charge in [0.25, 0.3) is 0 Å². The number of carboxylic acids is 1. The second-order valence-corrected chi connectivity index (χ2v) is 3.05. The number of aromatic carboxylic acids is 1. The molecule has 0 amide bonds. The zero-order valence-electron chi connectivity index (χ0n) is 7.58. The van der Waals surface area contributed by atoms with E-state index in [1.54, 1.807) is 6.92 Å². The summed E-state index contributed by atoms with van der Waals surface area (Å²) in [6.07, 6.45) is 0. The third-order valence-corrected chi connectivity index (χ3v) is 1.82. The third kappa shape index (κ3) is 2.09. The van der Waals surface area contributed by atoms with Gasteiger partial charge in [-0.3, -0.25) is 0 Å². The highest BCUT2D eigenvalue weighted by atomic mass is 35.5. The Morgan fingerprint density at radius 2 is 2.29 bits per heavy atom. The molecule has 0 heterocycles. The van der Waals surface area contributed by atoms with Crippen molar-refractivity contribution in [3.05, 3.63) is 22.7 Å². The van der Waals surface area contributed by atoms with Crippen molar-refractivity contribution in [2.45, 2.75) is 6.92 Å². The second-order valence-electron chi connectivity index (χ2n) is 2.61. The van der Waals surface area contributed by atoms with Gasteiger partial charge >= 0.3 is 5.97 Å². The molecule has 0 bridgehead atoms. The molecule has 1 aromatic carbocycles. The maximum absolute atomic E-state index is 10.8. The van der Waals surface area contributed by atoms with Crippen LogP contribution in [0.2, 0.25) is 5.02 Å². The quantitative estimate of drug-likeness (QED) is 0.757. The Hall–Kier alpha value is -1.42. The van der Waals surface area contributed by atoms with Gasteiger partial charge in [0.2, 0.25) is 0 Å². The number of nitrogen functional groups attached to an aromatic ring is 1. The van der Waals surface area contributed by atoms with Crippen molar-refractivity contribution in [2.24, 2.45) is 0 Å². The van der Waals surface area contributed by atoms with Crippen molar-refractivity contribution in [3.63, 3.8) is 0 Å². The normalized spacial score (nSPS) is 9.86. The molecule has 76 valence electrons. The van der Waals surface area contributed by atoms with Gasteiger partial charge in [0.05, 0.1) is 12.3 Å². The molecule has 0 saturated carbocycles. The molecule has 5 heteroatoms. The minimum atomic E-state index is -1.11. The number of benzene rings is 1. The van der Waals surface area contributed by atoms with Crippen LogP contribution >= 0.6 is 11.6 Å². The summed E-state index contributed by atoms with van der Waals surface area (Å²) in [5.41, 5.74) is 5.79. The lowest BCUT2D eigenvalue weighted by Gasteiger charge is -2.10. The molecule has 0 fully saturated rings. The summed E-state index contributed by atoms with van der Waals surface area (Å²) in [6.45, 7) is 2.10. The molecule has 0 aliphatic carbocycles. The lowest BCUT2D eigenvalue weighted by Crippen LogP contribution is -2.05. The van der Waals surface area contributed by atoms with Gasteiger partial charge in [-0.25, -0.2) is 4.79 Å². The number of rotatable bonds is 3. The summed E-state index contributed by atoms with van der Waals surface area (Å²) in [4.78, 5) is 10.8. The predicted octanol–water partition coefficient (Wildman–Crippen LogP) is 2.02. The maximum atomic E-state index is 10.8. The van der Waals surface area contributed by atoms with Crippen LogP contribution in [-0.2, 0) is 0 Å². The fourth-order valence-corrected chi connectivity index (χ4v) is 1.31. The minimum absolute atomic E-state index is 0.0168. The Morgan fingerprint density at radius 1 is 1.64 bits per heavy atom. The molecule has 14 heavy (non-hydrogen) atoms. The average molecular weight is 216 g/mol. The molecule has 0 spiro atoms. The van der Waals surface area contributed by atoms with Gasteiger partial charge in [-0.15, -0.1) is 0 Å². The third-order valence-electron chi connectivity index (χ3n) is 1.60. The van der Waals surface area contributed by atoms with E-state index in [1.807, 2.05) is 0 Å². The first-order valence-electron chi connectivity index (χ1n) is 4.01. The fraction of sp³-hybridized carbons (Fsp3) is 0.222. The first-order chi connectivity index (χ1) is 6.56. The van der Waals surface area contributed by atoms with Crippen molar-refractivity contribution in [1.29, 1.82) is 0 Å². The highest BCUT2D eigenvalue weighted by Gasteiger charge is 2.15. The van der Waals surface area contributed by atoms with Crippen molar-refractivity contribution < 1.29 is 14.6 Å². The predicted molar refractivity (Wildman–Crippen MR) is 54.0 cm³/mol. The van der Waals surface area contributed by atoms with E-state index in [9.17, 15) is 4.79 Å². The van der Waals surface area contributed by atoms with Gasteiger partial charge in [0.15, 0.2) is 5.75 Å². The van der Waals surface area contributed by atoms with Crippen LogP contribution < -0.4 is 10.5 Å². The Bertz CT molecular complexity index is 365. The van der Waals surface area contributed by atoms with E-state index in [0.717, 1.165) is 0 Å². The number of hydrogen-bond donors (Lipinski definition) is 2. The summed E-state index contributed by atoms with van der Waals surface area (Å²) < 4.78 is 5.12. The molecular formula is C9H10ClNO3. The van der Waals surface area contributed by atoms with Crippen LogP contribution in [0.15, 0.2) is 12.1 Å². The van der Waals surface area contributed by atoms with Crippen LogP contribution in [0.1, 0.15) is 17.3 Å². The number of ether oxygens (including phenoxy) is 1. The Labute approximate surface area is 86.2 Å². The van der Waals surface area contributed by atoms with Crippen LogP contribution in [0.4, 0.5) is 5.69 Å². The zero-order chi connectivity index (χ0) is 10.7. The van der Waals surface area contributed by atoms with E-state index in [4.69, 9.17) is 27.2 Å². The minimum Gasteiger partial charge on any atom is -0.491 e. The largest absolute Gasteiger partial charge is 0.491 e. The molecular weight excluding hydrogens is 206 g/mol. The van der Waals surface area contributed by atoms with Gasteiger partial charge in [-0.1, -0.05) is 11.6 Å². The van der Waals surface area contributed by atoms with Crippen LogP contribution in [-0.4, -0.2) is 17.7 Å². The van der Waals surface area contributed by atoms with Crippen LogP contribution in [0, 0.1) is 0 Å². The summed E-state index contributed by atoms with van der Waals surface area (Å²) in [5, 5.41) is 9.13. The summed E-state index contributed by atoms with van der Waals surface area (Å²) >= 11 is 5.67. The Kier molecular flexibility index (Phi) is 3.19. The second kappa shape index (κ2) is 4.19. The molecule has 0 unspecified atom stereocenters. The first-order valence-corrected chi connectivity index (χ1v) is 4.39. The van der Waals surface area contributed by atoms with E-state index in [0.29, 0.717) is 6.61 Å². The van der Waals surface area contributed by atoms with Crippen molar-refractivity contribution >= 4 is 23.3 Å². The Morgan fingerprint density at radius 3 is 2.79 bits per heavy atom. The highest BCUT2D eigenvalue weighted by molar-refractivity contribution is 6.31. The average Bonchev–Trinajstić information content (AvgIpc) is 2.09. The van der Waals surface area contributed by atoms with Gasteiger partial charge in [0.1, 0.15) is 5.56 Å². The molecule has 1 rings (SSSR count). The monoisotopic (exact) mass is 215 g/mol. The number of nitrogens with two attached hydrogens (primary N) is 1. The van der Waals surface area contributed by atoms with Gasteiger partial charge < -0.3 is 15.6 Å². The molecule has 0 aromatic heterocycles. The SMILES string of the molecule is CCOc1c(N)cc(Cl)cc1C(=O)O. The van der Waals surface area contributed by atoms with E-state index in [1.165, 1.54) is 12.1 Å². The van der Waals surface area contributed by atoms with Crippen molar-refractivity contribution in [1.82, 2.24) is 0 Å². The molecule has 0 aliphatic heterocycles. The van der Waals surface area contributed by atoms with Crippen LogP contribution in [0.5, 0.6) is 5.75 Å². The lowest BCUT2D eigenvalue weighted by atomic mass is 10.2. The lowest BCUT2D eigenvalue weighted by molar-refractivity contribution is 0.0692. The number of halogens is 1. The molecule has 4 nitrogen and oxygen atoms in total. The maximum Gasteiger partial charge on any atom is 0.339 e. The summed E-state index contributed by atoms with van der Waals surface area (Å²) in [7, 11) is 0. The smallest absolute Gasteiger partial charge is 0.339 e. The Balaban J connectivity index is 3.28. The number of carbonyl (C=O) groups is 1. The number of anilines is 1.